The molecule has 0 aromatic heterocycles. The molecule has 0 radical (unpaired) electrons. The molecule has 0 aliphatic carbocycles. The summed E-state index contributed by atoms with van der Waals surface area (Å²) in [6.07, 6.45) is 5.16. The van der Waals surface area contributed by atoms with Crippen LogP contribution in [-0.2, 0) is 38.6 Å². The number of ether oxygens (including phenoxy) is 4. The Bertz CT molecular complexity index is 652. The van der Waals surface area contributed by atoms with Crippen LogP contribution in [-0.4, -0.2) is 27.8 Å². The molecule has 0 saturated heterocycles. The second-order valence-electron chi connectivity index (χ2n) is 5.58. The molecule has 25 heavy (non-hydrogen) atoms. The molecular formula is C21H26O4. The predicted molar refractivity (Wildman–Crippen MR) is 99.0 cm³/mol. The molecule has 0 bridgehead atoms. The minimum absolute atomic E-state index is 0.299. The molecule has 2 aromatic carbocycles. The first kappa shape index (κ1) is 19.3. The zero-order valence-corrected chi connectivity index (χ0v) is 14.9. The molecule has 0 N–H and O–H groups in total. The fraction of sp³-hybridized carbons (Fsp3) is 0.333. The number of hydrogen-bond donors (Lipinski definition) is 0. The van der Waals surface area contributed by atoms with Crippen LogP contribution in [0.2, 0.25) is 0 Å². The molecule has 0 spiro atoms. The lowest BCUT2D eigenvalue weighted by atomic mass is 10.0. The molecule has 0 aliphatic heterocycles. The SMILES string of the molecule is COCOCc1ccccc1/C=C/Cc1ccccc1COCOC. The zero-order chi connectivity index (χ0) is 17.7. The summed E-state index contributed by atoms with van der Waals surface area (Å²) in [5.74, 6) is 0. The van der Waals surface area contributed by atoms with Crippen molar-refractivity contribution in [2.75, 3.05) is 27.8 Å². The van der Waals surface area contributed by atoms with E-state index < -0.39 is 0 Å². The van der Waals surface area contributed by atoms with Gasteiger partial charge in [0.2, 0.25) is 0 Å². The van der Waals surface area contributed by atoms with Crippen molar-refractivity contribution in [3.05, 3.63) is 76.9 Å². The highest BCUT2D eigenvalue weighted by atomic mass is 16.7. The highest BCUT2D eigenvalue weighted by Crippen LogP contribution is 2.15. The van der Waals surface area contributed by atoms with Crippen LogP contribution in [0.15, 0.2) is 54.6 Å². The number of methoxy groups -OCH3 is 2. The third-order valence-corrected chi connectivity index (χ3v) is 3.73. The standard InChI is InChI=1S/C21H26O4/c1-22-16-24-14-20-10-5-3-8-18(20)12-7-13-19-9-4-6-11-21(19)15-25-17-23-2/h3-12H,13-17H2,1-2H3/b12-7+. The van der Waals surface area contributed by atoms with Crippen LogP contribution in [0.3, 0.4) is 0 Å². The Kier molecular flexibility index (Phi) is 8.94. The minimum Gasteiger partial charge on any atom is -0.359 e. The van der Waals surface area contributed by atoms with E-state index in [1.807, 2.05) is 18.2 Å². The third-order valence-electron chi connectivity index (χ3n) is 3.73. The van der Waals surface area contributed by atoms with Gasteiger partial charge in [0, 0.05) is 14.2 Å². The molecule has 0 fully saturated rings. The van der Waals surface area contributed by atoms with E-state index in [1.54, 1.807) is 14.2 Å². The Labute approximate surface area is 150 Å². The summed E-state index contributed by atoms with van der Waals surface area (Å²) >= 11 is 0. The van der Waals surface area contributed by atoms with E-state index >= 15 is 0 Å². The van der Waals surface area contributed by atoms with Crippen LogP contribution in [0.1, 0.15) is 22.3 Å². The summed E-state index contributed by atoms with van der Waals surface area (Å²) < 4.78 is 20.8. The zero-order valence-electron chi connectivity index (χ0n) is 14.9. The smallest absolute Gasteiger partial charge is 0.146 e. The predicted octanol–water partition coefficient (Wildman–Crippen LogP) is 4.18. The first-order valence-electron chi connectivity index (χ1n) is 8.29. The van der Waals surface area contributed by atoms with Crippen LogP contribution in [0.4, 0.5) is 0 Å². The Balaban J connectivity index is 1.99. The monoisotopic (exact) mass is 342 g/mol. The van der Waals surface area contributed by atoms with E-state index in [-0.39, 0.29) is 0 Å². The summed E-state index contributed by atoms with van der Waals surface area (Å²) in [5.41, 5.74) is 4.74. The summed E-state index contributed by atoms with van der Waals surface area (Å²) in [4.78, 5) is 0. The van der Waals surface area contributed by atoms with Gasteiger partial charge in [-0.2, -0.15) is 0 Å². The molecule has 0 atom stereocenters. The van der Waals surface area contributed by atoms with Crippen molar-refractivity contribution in [3.8, 4) is 0 Å². The lowest BCUT2D eigenvalue weighted by Crippen LogP contribution is -2.00. The van der Waals surface area contributed by atoms with Gasteiger partial charge in [-0.25, -0.2) is 0 Å². The minimum atomic E-state index is 0.299. The molecule has 0 heterocycles. The second kappa shape index (κ2) is 11.6. The number of allylic oxidation sites excluding steroid dienone is 1. The van der Waals surface area contributed by atoms with Crippen molar-refractivity contribution in [2.24, 2.45) is 0 Å². The van der Waals surface area contributed by atoms with Crippen molar-refractivity contribution in [1.82, 2.24) is 0 Å². The Morgan fingerprint density at radius 1 is 0.720 bits per heavy atom. The van der Waals surface area contributed by atoms with Crippen LogP contribution in [0.25, 0.3) is 6.08 Å². The van der Waals surface area contributed by atoms with E-state index in [4.69, 9.17) is 18.9 Å². The van der Waals surface area contributed by atoms with E-state index in [1.165, 1.54) is 11.1 Å². The molecular weight excluding hydrogens is 316 g/mol. The highest BCUT2D eigenvalue weighted by molar-refractivity contribution is 5.54. The van der Waals surface area contributed by atoms with Crippen LogP contribution < -0.4 is 0 Å². The molecule has 2 aromatic rings. The first-order valence-corrected chi connectivity index (χ1v) is 8.29. The number of rotatable bonds is 11. The van der Waals surface area contributed by atoms with E-state index in [0.29, 0.717) is 26.8 Å². The maximum atomic E-state index is 5.47. The quantitative estimate of drug-likeness (QED) is 0.453. The average molecular weight is 342 g/mol. The van der Waals surface area contributed by atoms with Gasteiger partial charge in [0.1, 0.15) is 13.6 Å². The van der Waals surface area contributed by atoms with Crippen LogP contribution in [0.5, 0.6) is 0 Å². The van der Waals surface area contributed by atoms with Crippen molar-refractivity contribution in [2.45, 2.75) is 19.6 Å². The van der Waals surface area contributed by atoms with Gasteiger partial charge in [0.05, 0.1) is 13.2 Å². The second-order valence-corrected chi connectivity index (χ2v) is 5.58. The summed E-state index contributed by atoms with van der Waals surface area (Å²) in [6, 6.07) is 16.5. The molecule has 0 amide bonds. The Morgan fingerprint density at radius 2 is 1.28 bits per heavy atom. The average Bonchev–Trinajstić information content (AvgIpc) is 2.64. The maximum absolute atomic E-state index is 5.47. The highest BCUT2D eigenvalue weighted by Gasteiger charge is 2.02. The topological polar surface area (TPSA) is 36.9 Å². The fourth-order valence-electron chi connectivity index (χ4n) is 2.51. The molecule has 2 rings (SSSR count). The van der Waals surface area contributed by atoms with E-state index in [2.05, 4.69) is 42.5 Å². The van der Waals surface area contributed by atoms with Gasteiger partial charge in [0.15, 0.2) is 0 Å². The Hall–Kier alpha value is -1.98. The van der Waals surface area contributed by atoms with E-state index in [9.17, 15) is 0 Å². The Morgan fingerprint density at radius 3 is 1.96 bits per heavy atom. The maximum Gasteiger partial charge on any atom is 0.146 e. The molecule has 0 aliphatic rings. The van der Waals surface area contributed by atoms with Gasteiger partial charge < -0.3 is 18.9 Å². The lowest BCUT2D eigenvalue weighted by Gasteiger charge is -2.09. The molecule has 4 nitrogen and oxygen atoms in total. The molecule has 134 valence electrons. The van der Waals surface area contributed by atoms with Gasteiger partial charge in [-0.1, -0.05) is 60.7 Å². The van der Waals surface area contributed by atoms with Gasteiger partial charge in [0.25, 0.3) is 0 Å². The van der Waals surface area contributed by atoms with Crippen molar-refractivity contribution < 1.29 is 18.9 Å². The van der Waals surface area contributed by atoms with Gasteiger partial charge in [-0.15, -0.1) is 0 Å². The van der Waals surface area contributed by atoms with Crippen LogP contribution >= 0.6 is 0 Å². The van der Waals surface area contributed by atoms with Gasteiger partial charge >= 0.3 is 0 Å². The first-order chi connectivity index (χ1) is 12.3. The number of benzene rings is 2. The van der Waals surface area contributed by atoms with E-state index in [0.717, 1.165) is 17.5 Å². The van der Waals surface area contributed by atoms with Crippen LogP contribution in [0, 0.1) is 0 Å². The van der Waals surface area contributed by atoms with Gasteiger partial charge in [-0.05, 0) is 28.7 Å². The summed E-state index contributed by atoms with van der Waals surface area (Å²) in [7, 11) is 3.25. The third kappa shape index (κ3) is 6.80. The summed E-state index contributed by atoms with van der Waals surface area (Å²) in [5, 5.41) is 0. The normalized spacial score (nSPS) is 11.3. The van der Waals surface area contributed by atoms with Crippen molar-refractivity contribution in [1.29, 1.82) is 0 Å². The summed E-state index contributed by atoms with van der Waals surface area (Å²) in [6.45, 7) is 1.70. The largest absolute Gasteiger partial charge is 0.359 e. The van der Waals surface area contributed by atoms with Crippen molar-refractivity contribution >= 4 is 6.08 Å². The fourth-order valence-corrected chi connectivity index (χ4v) is 2.51. The molecule has 0 saturated carbocycles. The lowest BCUT2D eigenvalue weighted by molar-refractivity contribution is -0.0392. The van der Waals surface area contributed by atoms with Crippen molar-refractivity contribution in [3.63, 3.8) is 0 Å². The number of hydrogen-bond acceptors (Lipinski definition) is 4. The molecule has 0 unspecified atom stereocenters. The molecule has 4 heteroatoms. The van der Waals surface area contributed by atoms with Gasteiger partial charge in [-0.3, -0.25) is 0 Å².